The van der Waals surface area contributed by atoms with Crippen LogP contribution in [0.2, 0.25) is 5.02 Å². The predicted molar refractivity (Wildman–Crippen MR) is 70.6 cm³/mol. The molecule has 7 heteroatoms. The quantitative estimate of drug-likeness (QED) is 0.942. The zero-order chi connectivity index (χ0) is 14.9. The lowest BCUT2D eigenvalue weighted by atomic mass is 10.2. The summed E-state index contributed by atoms with van der Waals surface area (Å²) in [6.07, 6.45) is 0. The third-order valence-electron chi connectivity index (χ3n) is 2.82. The molecule has 0 aliphatic carbocycles. The number of nitrogens with zero attached hydrogens (tertiary/aromatic N) is 2. The molecule has 1 heterocycles. The van der Waals surface area contributed by atoms with Gasteiger partial charge in [-0.3, -0.25) is 4.68 Å². The Labute approximate surface area is 119 Å². The van der Waals surface area contributed by atoms with Crippen LogP contribution < -0.4 is 4.74 Å². The van der Waals surface area contributed by atoms with E-state index in [1.54, 1.807) is 14.0 Å². The van der Waals surface area contributed by atoms with Crippen molar-refractivity contribution in [1.29, 1.82) is 0 Å². The summed E-state index contributed by atoms with van der Waals surface area (Å²) in [6.45, 7) is 1.75. The normalized spacial score (nSPS) is 10.6. The summed E-state index contributed by atoms with van der Waals surface area (Å²) in [5, 5.41) is 13.6. The second-order valence-corrected chi connectivity index (χ2v) is 4.55. The summed E-state index contributed by atoms with van der Waals surface area (Å²) < 4.78 is 20.4. The first kappa shape index (κ1) is 14.3. The molecule has 0 amide bonds. The van der Waals surface area contributed by atoms with Gasteiger partial charge in [0, 0.05) is 7.05 Å². The highest BCUT2D eigenvalue weighted by molar-refractivity contribution is 6.31. The minimum atomic E-state index is -1.38. The second-order valence-electron chi connectivity index (χ2n) is 4.18. The summed E-state index contributed by atoms with van der Waals surface area (Å²) >= 11 is 6.06. The maximum absolute atomic E-state index is 13.5. The molecule has 0 bridgehead atoms. The van der Waals surface area contributed by atoms with Crippen molar-refractivity contribution in [3.8, 4) is 5.75 Å². The maximum atomic E-state index is 13.5. The molecular formula is C13H12ClFN2O3. The summed E-state index contributed by atoms with van der Waals surface area (Å²) in [5.74, 6) is -2.28. The summed E-state index contributed by atoms with van der Waals surface area (Å²) in [5.41, 5.74) is 0.734. The molecule has 0 radical (unpaired) electrons. The van der Waals surface area contributed by atoms with Crippen molar-refractivity contribution < 1.29 is 19.0 Å². The molecule has 0 aliphatic rings. The van der Waals surface area contributed by atoms with Crippen molar-refractivity contribution in [2.75, 3.05) is 0 Å². The van der Waals surface area contributed by atoms with Crippen molar-refractivity contribution >= 4 is 17.6 Å². The lowest BCUT2D eigenvalue weighted by Gasteiger charge is -2.10. The summed E-state index contributed by atoms with van der Waals surface area (Å²) in [6, 6.07) is 3.84. The third-order valence-corrected chi connectivity index (χ3v) is 3.31. The van der Waals surface area contributed by atoms with Gasteiger partial charge in [0.15, 0.2) is 0 Å². The van der Waals surface area contributed by atoms with Crippen LogP contribution in [0.5, 0.6) is 5.75 Å². The number of aromatic carboxylic acids is 1. The molecule has 20 heavy (non-hydrogen) atoms. The molecule has 0 atom stereocenters. The Bertz CT molecular complexity index is 670. The summed E-state index contributed by atoms with van der Waals surface area (Å²) in [7, 11) is 1.70. The Morgan fingerprint density at radius 3 is 2.80 bits per heavy atom. The van der Waals surface area contributed by atoms with Crippen LogP contribution in [-0.2, 0) is 13.7 Å². The van der Waals surface area contributed by atoms with Crippen molar-refractivity contribution in [1.82, 2.24) is 9.78 Å². The van der Waals surface area contributed by atoms with E-state index in [1.807, 2.05) is 0 Å². The zero-order valence-corrected chi connectivity index (χ0v) is 11.6. The van der Waals surface area contributed by atoms with E-state index in [4.69, 9.17) is 21.4 Å². The molecule has 0 saturated carbocycles. The minimum absolute atomic E-state index is 0.0000926. The van der Waals surface area contributed by atoms with E-state index >= 15 is 0 Å². The predicted octanol–water partition coefficient (Wildman–Crippen LogP) is 2.80. The number of rotatable bonds is 4. The fourth-order valence-corrected chi connectivity index (χ4v) is 2.03. The Kier molecular flexibility index (Phi) is 3.94. The highest BCUT2D eigenvalue weighted by Gasteiger charge is 2.18. The number of carboxylic acids is 1. The van der Waals surface area contributed by atoms with Crippen LogP contribution in [0.4, 0.5) is 4.39 Å². The molecule has 0 saturated heterocycles. The van der Waals surface area contributed by atoms with E-state index in [0.717, 1.165) is 6.07 Å². The van der Waals surface area contributed by atoms with E-state index in [1.165, 1.54) is 16.8 Å². The molecule has 106 valence electrons. The molecule has 1 N–H and O–H groups in total. The Balaban J connectivity index is 2.28. The molecule has 0 spiro atoms. The molecule has 2 rings (SSSR count). The van der Waals surface area contributed by atoms with Crippen molar-refractivity contribution in [2.24, 2.45) is 7.05 Å². The van der Waals surface area contributed by atoms with Crippen LogP contribution in [0.25, 0.3) is 0 Å². The van der Waals surface area contributed by atoms with Crippen LogP contribution in [-0.4, -0.2) is 20.9 Å². The highest BCUT2D eigenvalue weighted by Crippen LogP contribution is 2.25. The van der Waals surface area contributed by atoms with Gasteiger partial charge in [0.05, 0.1) is 16.4 Å². The molecule has 1 aromatic carbocycles. The maximum Gasteiger partial charge on any atom is 0.342 e. The SMILES string of the molecule is Cc1nn(C)c(COc2cccc(F)c2C(=O)O)c1Cl. The van der Waals surface area contributed by atoms with Crippen LogP contribution in [0.3, 0.4) is 0 Å². The van der Waals surface area contributed by atoms with Gasteiger partial charge in [-0.2, -0.15) is 5.10 Å². The number of halogens is 2. The van der Waals surface area contributed by atoms with Crippen LogP contribution in [0.15, 0.2) is 18.2 Å². The van der Waals surface area contributed by atoms with E-state index in [0.29, 0.717) is 16.4 Å². The number of benzene rings is 1. The van der Waals surface area contributed by atoms with E-state index in [9.17, 15) is 9.18 Å². The Hall–Kier alpha value is -2.08. The fraction of sp³-hybridized carbons (Fsp3) is 0.231. The molecule has 0 unspecified atom stereocenters. The number of ether oxygens (including phenoxy) is 1. The van der Waals surface area contributed by atoms with E-state index in [2.05, 4.69) is 5.10 Å². The first-order chi connectivity index (χ1) is 9.41. The van der Waals surface area contributed by atoms with Crippen LogP contribution in [0, 0.1) is 12.7 Å². The molecular weight excluding hydrogens is 287 g/mol. The molecule has 1 aromatic heterocycles. The van der Waals surface area contributed by atoms with Gasteiger partial charge in [0.25, 0.3) is 0 Å². The van der Waals surface area contributed by atoms with Gasteiger partial charge in [-0.05, 0) is 19.1 Å². The fourth-order valence-electron chi connectivity index (χ4n) is 1.82. The van der Waals surface area contributed by atoms with Gasteiger partial charge in [0.2, 0.25) is 0 Å². The van der Waals surface area contributed by atoms with E-state index < -0.39 is 17.3 Å². The number of carboxylic acid groups (broad SMARTS) is 1. The topological polar surface area (TPSA) is 64.4 Å². The number of hydrogen-bond acceptors (Lipinski definition) is 3. The first-order valence-corrected chi connectivity index (χ1v) is 6.12. The van der Waals surface area contributed by atoms with Gasteiger partial charge in [-0.15, -0.1) is 0 Å². The monoisotopic (exact) mass is 298 g/mol. The lowest BCUT2D eigenvalue weighted by molar-refractivity contribution is 0.0686. The number of hydrogen-bond donors (Lipinski definition) is 1. The Morgan fingerprint density at radius 1 is 1.55 bits per heavy atom. The van der Waals surface area contributed by atoms with Gasteiger partial charge < -0.3 is 9.84 Å². The molecule has 0 fully saturated rings. The second kappa shape index (κ2) is 5.50. The van der Waals surface area contributed by atoms with Gasteiger partial charge in [0.1, 0.15) is 23.7 Å². The van der Waals surface area contributed by atoms with Gasteiger partial charge in [-0.25, -0.2) is 9.18 Å². The average molecular weight is 299 g/mol. The third kappa shape index (κ3) is 2.60. The highest BCUT2D eigenvalue weighted by atomic mass is 35.5. The minimum Gasteiger partial charge on any atom is -0.486 e. The number of aryl methyl sites for hydroxylation is 2. The first-order valence-electron chi connectivity index (χ1n) is 5.74. The van der Waals surface area contributed by atoms with E-state index in [-0.39, 0.29) is 12.4 Å². The number of carbonyl (C=O) groups is 1. The molecule has 2 aromatic rings. The number of aromatic nitrogens is 2. The summed E-state index contributed by atoms with van der Waals surface area (Å²) in [4.78, 5) is 11.0. The molecule has 0 aliphatic heterocycles. The van der Waals surface area contributed by atoms with Gasteiger partial charge >= 0.3 is 5.97 Å². The Morgan fingerprint density at radius 2 is 2.25 bits per heavy atom. The van der Waals surface area contributed by atoms with Crippen molar-refractivity contribution in [2.45, 2.75) is 13.5 Å². The lowest BCUT2D eigenvalue weighted by Crippen LogP contribution is -2.08. The van der Waals surface area contributed by atoms with Crippen LogP contribution >= 0.6 is 11.6 Å². The zero-order valence-electron chi connectivity index (χ0n) is 10.9. The molecule has 5 nitrogen and oxygen atoms in total. The smallest absolute Gasteiger partial charge is 0.342 e. The largest absolute Gasteiger partial charge is 0.486 e. The standard InChI is InChI=1S/C13H12ClFN2O3/c1-7-12(14)9(17(2)16-7)6-20-10-5-3-4-8(15)11(10)13(18)19/h3-5H,6H2,1-2H3,(H,18,19). The average Bonchev–Trinajstić information content (AvgIpc) is 2.61. The van der Waals surface area contributed by atoms with Crippen molar-refractivity contribution in [3.63, 3.8) is 0 Å². The van der Waals surface area contributed by atoms with Gasteiger partial charge in [-0.1, -0.05) is 17.7 Å². The van der Waals surface area contributed by atoms with Crippen LogP contribution in [0.1, 0.15) is 21.7 Å². The van der Waals surface area contributed by atoms with Crippen molar-refractivity contribution in [3.05, 3.63) is 46.0 Å².